The highest BCUT2D eigenvalue weighted by atomic mass is 16.5. The number of carbonyl (C=O) groups is 1. The Hall–Kier alpha value is -1.55. The normalized spacial score (nSPS) is 19.4. The topological polar surface area (TPSA) is 47.6 Å². The van der Waals surface area contributed by atoms with Gasteiger partial charge in [0.2, 0.25) is 0 Å². The minimum atomic E-state index is -0.360. The van der Waals surface area contributed by atoms with Gasteiger partial charge in [0, 0.05) is 6.54 Å². The van der Waals surface area contributed by atoms with E-state index in [2.05, 4.69) is 5.32 Å². The van der Waals surface area contributed by atoms with Gasteiger partial charge in [-0.2, -0.15) is 0 Å². The van der Waals surface area contributed by atoms with Crippen molar-refractivity contribution in [3.05, 3.63) is 29.8 Å². The number of rotatable bonds is 3. The molecule has 0 aliphatic carbocycles. The molecular formula is C12H15NO3. The van der Waals surface area contributed by atoms with Gasteiger partial charge in [-0.3, -0.25) is 0 Å². The molecule has 1 heterocycles. The number of esters is 1. The van der Waals surface area contributed by atoms with Crippen molar-refractivity contribution in [1.29, 1.82) is 0 Å². The molecule has 1 aliphatic heterocycles. The van der Waals surface area contributed by atoms with Gasteiger partial charge < -0.3 is 14.8 Å². The van der Waals surface area contributed by atoms with E-state index in [1.54, 1.807) is 18.2 Å². The van der Waals surface area contributed by atoms with E-state index in [9.17, 15) is 4.79 Å². The van der Waals surface area contributed by atoms with Crippen LogP contribution >= 0.6 is 0 Å². The smallest absolute Gasteiger partial charge is 0.341 e. The molecule has 1 atom stereocenters. The van der Waals surface area contributed by atoms with Crippen molar-refractivity contribution in [2.24, 2.45) is 0 Å². The first kappa shape index (κ1) is 11.0. The molecular weight excluding hydrogens is 206 g/mol. The zero-order valence-corrected chi connectivity index (χ0v) is 9.23. The van der Waals surface area contributed by atoms with Gasteiger partial charge in [-0.25, -0.2) is 4.79 Å². The Balaban J connectivity index is 2.15. The highest BCUT2D eigenvalue weighted by Crippen LogP contribution is 2.21. The van der Waals surface area contributed by atoms with E-state index in [1.165, 1.54) is 7.11 Å². The molecule has 0 spiro atoms. The number of carbonyl (C=O) groups excluding carboxylic acids is 1. The van der Waals surface area contributed by atoms with Gasteiger partial charge in [0.1, 0.15) is 17.4 Å². The van der Waals surface area contributed by atoms with Crippen molar-refractivity contribution in [2.75, 3.05) is 20.2 Å². The van der Waals surface area contributed by atoms with Crippen LogP contribution in [0.5, 0.6) is 5.75 Å². The molecule has 2 rings (SSSR count). The predicted octanol–water partition coefficient (Wildman–Crippen LogP) is 1.21. The summed E-state index contributed by atoms with van der Waals surface area (Å²) < 4.78 is 10.5. The SMILES string of the molecule is COC(=O)c1ccccc1OC1CCNC1. The molecule has 1 N–H and O–H groups in total. The summed E-state index contributed by atoms with van der Waals surface area (Å²) in [5.41, 5.74) is 0.483. The molecule has 0 saturated carbocycles. The second-order valence-corrected chi connectivity index (χ2v) is 3.72. The fourth-order valence-corrected chi connectivity index (χ4v) is 1.76. The maximum atomic E-state index is 11.5. The fraction of sp³-hybridized carbons (Fsp3) is 0.417. The van der Waals surface area contributed by atoms with Crippen LogP contribution in [-0.4, -0.2) is 32.3 Å². The van der Waals surface area contributed by atoms with Crippen LogP contribution in [0, 0.1) is 0 Å². The van der Waals surface area contributed by atoms with Gasteiger partial charge in [0.05, 0.1) is 7.11 Å². The first-order chi connectivity index (χ1) is 7.81. The zero-order valence-electron chi connectivity index (χ0n) is 9.23. The molecule has 1 aromatic rings. The Bertz CT molecular complexity index is 372. The Kier molecular flexibility index (Phi) is 3.41. The third-order valence-electron chi connectivity index (χ3n) is 2.60. The summed E-state index contributed by atoms with van der Waals surface area (Å²) in [6, 6.07) is 7.16. The van der Waals surface area contributed by atoms with Crippen LogP contribution in [0.4, 0.5) is 0 Å². The Labute approximate surface area is 94.6 Å². The maximum Gasteiger partial charge on any atom is 0.341 e. The van der Waals surface area contributed by atoms with Gasteiger partial charge in [-0.1, -0.05) is 12.1 Å². The van der Waals surface area contributed by atoms with E-state index in [1.807, 2.05) is 6.07 Å². The largest absolute Gasteiger partial charge is 0.488 e. The van der Waals surface area contributed by atoms with Crippen LogP contribution < -0.4 is 10.1 Å². The lowest BCUT2D eigenvalue weighted by molar-refractivity contribution is 0.0593. The van der Waals surface area contributed by atoms with Crippen molar-refractivity contribution < 1.29 is 14.3 Å². The average Bonchev–Trinajstić information content (AvgIpc) is 2.82. The molecule has 1 fully saturated rings. The summed E-state index contributed by atoms with van der Waals surface area (Å²) in [5, 5.41) is 3.21. The van der Waals surface area contributed by atoms with E-state index in [4.69, 9.17) is 9.47 Å². The lowest BCUT2D eigenvalue weighted by atomic mass is 10.2. The minimum Gasteiger partial charge on any atom is -0.488 e. The molecule has 16 heavy (non-hydrogen) atoms. The Morgan fingerprint density at radius 3 is 2.94 bits per heavy atom. The number of benzene rings is 1. The number of hydrogen-bond acceptors (Lipinski definition) is 4. The van der Waals surface area contributed by atoms with Crippen LogP contribution in [0.15, 0.2) is 24.3 Å². The lowest BCUT2D eigenvalue weighted by Gasteiger charge is -2.14. The number of para-hydroxylation sites is 1. The van der Waals surface area contributed by atoms with Gasteiger partial charge in [0.25, 0.3) is 0 Å². The molecule has 0 amide bonds. The summed E-state index contributed by atoms with van der Waals surface area (Å²) in [6.45, 7) is 1.79. The number of ether oxygens (including phenoxy) is 2. The monoisotopic (exact) mass is 221 g/mol. The van der Waals surface area contributed by atoms with E-state index in [0.29, 0.717) is 11.3 Å². The van der Waals surface area contributed by atoms with E-state index in [0.717, 1.165) is 19.5 Å². The molecule has 86 valence electrons. The van der Waals surface area contributed by atoms with Crippen molar-refractivity contribution in [3.63, 3.8) is 0 Å². The van der Waals surface area contributed by atoms with Gasteiger partial charge in [0.15, 0.2) is 0 Å². The second kappa shape index (κ2) is 4.99. The van der Waals surface area contributed by atoms with Crippen LogP contribution in [0.1, 0.15) is 16.8 Å². The number of hydrogen-bond donors (Lipinski definition) is 1. The first-order valence-electron chi connectivity index (χ1n) is 5.36. The van der Waals surface area contributed by atoms with Crippen molar-refractivity contribution in [1.82, 2.24) is 5.32 Å². The minimum absolute atomic E-state index is 0.144. The summed E-state index contributed by atoms with van der Waals surface area (Å²) in [7, 11) is 1.37. The van der Waals surface area contributed by atoms with Crippen LogP contribution in [0.2, 0.25) is 0 Å². The zero-order chi connectivity index (χ0) is 11.4. The third kappa shape index (κ3) is 2.33. The number of methoxy groups -OCH3 is 1. The lowest BCUT2D eigenvalue weighted by Crippen LogP contribution is -2.20. The molecule has 0 bridgehead atoms. The van der Waals surface area contributed by atoms with Crippen molar-refractivity contribution in [2.45, 2.75) is 12.5 Å². The van der Waals surface area contributed by atoms with E-state index in [-0.39, 0.29) is 12.1 Å². The highest BCUT2D eigenvalue weighted by Gasteiger charge is 2.19. The van der Waals surface area contributed by atoms with Crippen LogP contribution in [0.3, 0.4) is 0 Å². The van der Waals surface area contributed by atoms with Crippen molar-refractivity contribution in [3.8, 4) is 5.75 Å². The predicted molar refractivity (Wildman–Crippen MR) is 59.7 cm³/mol. The molecule has 4 heteroatoms. The quantitative estimate of drug-likeness (QED) is 0.779. The van der Waals surface area contributed by atoms with Crippen LogP contribution in [-0.2, 0) is 4.74 Å². The van der Waals surface area contributed by atoms with E-state index >= 15 is 0 Å². The first-order valence-corrected chi connectivity index (χ1v) is 5.36. The molecule has 1 unspecified atom stereocenters. The molecule has 0 radical (unpaired) electrons. The Morgan fingerprint density at radius 2 is 2.25 bits per heavy atom. The molecule has 1 saturated heterocycles. The standard InChI is InChI=1S/C12H15NO3/c1-15-12(14)10-4-2-3-5-11(10)16-9-6-7-13-8-9/h2-5,9,13H,6-8H2,1H3. The maximum absolute atomic E-state index is 11.5. The summed E-state index contributed by atoms with van der Waals surface area (Å²) >= 11 is 0. The van der Waals surface area contributed by atoms with Crippen LogP contribution in [0.25, 0.3) is 0 Å². The van der Waals surface area contributed by atoms with E-state index < -0.39 is 0 Å². The molecule has 1 aliphatic rings. The molecule has 1 aromatic carbocycles. The second-order valence-electron chi connectivity index (χ2n) is 3.72. The summed E-state index contributed by atoms with van der Waals surface area (Å²) in [5.74, 6) is 0.240. The fourth-order valence-electron chi connectivity index (χ4n) is 1.76. The Morgan fingerprint density at radius 1 is 1.44 bits per heavy atom. The molecule has 4 nitrogen and oxygen atoms in total. The summed E-state index contributed by atoms with van der Waals surface area (Å²) in [4.78, 5) is 11.5. The average molecular weight is 221 g/mol. The third-order valence-corrected chi connectivity index (χ3v) is 2.60. The summed E-state index contributed by atoms with van der Waals surface area (Å²) in [6.07, 6.45) is 1.11. The van der Waals surface area contributed by atoms with Gasteiger partial charge in [-0.05, 0) is 25.1 Å². The highest BCUT2D eigenvalue weighted by molar-refractivity contribution is 5.92. The molecule has 0 aromatic heterocycles. The van der Waals surface area contributed by atoms with Gasteiger partial charge >= 0.3 is 5.97 Å². The van der Waals surface area contributed by atoms with Gasteiger partial charge in [-0.15, -0.1) is 0 Å². The number of nitrogens with one attached hydrogen (secondary N) is 1. The van der Waals surface area contributed by atoms with Crippen molar-refractivity contribution >= 4 is 5.97 Å².